The van der Waals surface area contributed by atoms with E-state index in [4.69, 9.17) is 4.74 Å². The van der Waals surface area contributed by atoms with Gasteiger partial charge < -0.3 is 10.1 Å². The van der Waals surface area contributed by atoms with E-state index in [1.807, 2.05) is 12.1 Å². The molecule has 3 amide bonds. The highest BCUT2D eigenvalue weighted by Gasteiger charge is 2.36. The van der Waals surface area contributed by atoms with E-state index in [9.17, 15) is 22.8 Å². The summed E-state index contributed by atoms with van der Waals surface area (Å²) in [6.07, 6.45) is -0.457. The van der Waals surface area contributed by atoms with Gasteiger partial charge >= 0.3 is 12.0 Å². The molecule has 10 heteroatoms. The van der Waals surface area contributed by atoms with Crippen LogP contribution in [-0.4, -0.2) is 67.8 Å². The van der Waals surface area contributed by atoms with Crippen molar-refractivity contribution in [2.45, 2.75) is 57.0 Å². The Labute approximate surface area is 189 Å². The van der Waals surface area contributed by atoms with Gasteiger partial charge in [0.1, 0.15) is 0 Å². The number of nitrogens with zero attached hydrogens (tertiary/aromatic N) is 2. The number of sulfonamides is 1. The zero-order valence-electron chi connectivity index (χ0n) is 19.0. The fraction of sp³-hybridized carbons (Fsp3) is 0.591. The lowest BCUT2D eigenvalue weighted by Gasteiger charge is -2.31. The molecule has 2 aliphatic rings. The van der Waals surface area contributed by atoms with Crippen molar-refractivity contribution in [3.63, 3.8) is 0 Å². The topological polar surface area (TPSA) is 113 Å². The largest absolute Gasteiger partial charge is 0.452 e. The number of amides is 3. The number of nitrogens with one attached hydrogen (secondary N) is 1. The molecule has 1 aromatic carbocycles. The predicted molar refractivity (Wildman–Crippen MR) is 117 cm³/mol. The van der Waals surface area contributed by atoms with E-state index in [2.05, 4.69) is 26.1 Å². The third kappa shape index (κ3) is 5.12. The van der Waals surface area contributed by atoms with Crippen molar-refractivity contribution in [2.24, 2.45) is 5.92 Å². The molecule has 1 aromatic rings. The minimum absolute atomic E-state index is 0.0713. The molecular weight excluding hydrogens is 434 g/mol. The van der Waals surface area contributed by atoms with Crippen LogP contribution in [0.4, 0.5) is 4.79 Å². The van der Waals surface area contributed by atoms with Gasteiger partial charge in [-0.1, -0.05) is 32.9 Å². The van der Waals surface area contributed by atoms with E-state index in [-0.39, 0.29) is 29.9 Å². The van der Waals surface area contributed by atoms with Crippen LogP contribution in [0.25, 0.3) is 0 Å². The van der Waals surface area contributed by atoms with Crippen LogP contribution in [0, 0.1) is 5.92 Å². The number of esters is 1. The Morgan fingerprint density at radius 2 is 1.69 bits per heavy atom. The molecule has 1 N–H and O–H groups in total. The number of carbonyl (C=O) groups is 3. The van der Waals surface area contributed by atoms with E-state index in [0.717, 1.165) is 10.5 Å². The summed E-state index contributed by atoms with van der Waals surface area (Å²) in [5.41, 5.74) is 0.978. The number of ether oxygens (including phenoxy) is 1. The fourth-order valence-electron chi connectivity index (χ4n) is 3.83. The average molecular weight is 466 g/mol. The van der Waals surface area contributed by atoms with E-state index >= 15 is 0 Å². The van der Waals surface area contributed by atoms with Gasteiger partial charge in [-0.25, -0.2) is 13.2 Å². The maximum Gasteiger partial charge on any atom is 0.324 e. The Hall–Kier alpha value is -2.46. The highest BCUT2D eigenvalue weighted by atomic mass is 32.2. The quantitative estimate of drug-likeness (QED) is 0.664. The third-order valence-corrected chi connectivity index (χ3v) is 7.82. The maximum absolute atomic E-state index is 13.0. The summed E-state index contributed by atoms with van der Waals surface area (Å²) < 4.78 is 32.6. The van der Waals surface area contributed by atoms with Gasteiger partial charge in [0.15, 0.2) is 6.10 Å². The first-order chi connectivity index (χ1) is 14.9. The molecular formula is C22H31N3O6S. The Kier molecular flexibility index (Phi) is 6.94. The molecule has 0 saturated carbocycles. The lowest BCUT2D eigenvalue weighted by Crippen LogP contribution is -2.44. The molecule has 0 radical (unpaired) electrons. The molecule has 2 fully saturated rings. The molecule has 3 rings (SSSR count). The van der Waals surface area contributed by atoms with Gasteiger partial charge in [0.2, 0.25) is 10.0 Å². The maximum atomic E-state index is 13.0. The van der Waals surface area contributed by atoms with Gasteiger partial charge in [-0.15, -0.1) is 0 Å². The lowest BCUT2D eigenvalue weighted by molar-refractivity contribution is -0.162. The predicted octanol–water partition coefficient (Wildman–Crippen LogP) is 1.87. The molecule has 0 spiro atoms. The molecule has 2 saturated heterocycles. The normalized spacial score (nSPS) is 19.5. The summed E-state index contributed by atoms with van der Waals surface area (Å²) in [6, 6.07) is 6.41. The first kappa shape index (κ1) is 24.2. The summed E-state index contributed by atoms with van der Waals surface area (Å²) in [5, 5.41) is 2.53. The number of piperidine rings is 1. The number of hydrogen-bond acceptors (Lipinski definition) is 6. The highest BCUT2D eigenvalue weighted by Crippen LogP contribution is 2.27. The van der Waals surface area contributed by atoms with Crippen molar-refractivity contribution in [1.82, 2.24) is 14.5 Å². The Morgan fingerprint density at radius 1 is 1.09 bits per heavy atom. The van der Waals surface area contributed by atoms with E-state index < -0.39 is 40.0 Å². The highest BCUT2D eigenvalue weighted by molar-refractivity contribution is 7.89. The molecule has 1 atom stereocenters. The monoisotopic (exact) mass is 465 g/mol. The Bertz CT molecular complexity index is 976. The van der Waals surface area contributed by atoms with E-state index in [1.165, 1.54) is 11.2 Å². The number of hydrogen-bond donors (Lipinski definition) is 1. The molecule has 0 bridgehead atoms. The Morgan fingerprint density at radius 3 is 2.19 bits per heavy atom. The summed E-state index contributed by atoms with van der Waals surface area (Å²) in [7, 11) is -3.65. The summed E-state index contributed by atoms with van der Waals surface area (Å²) in [4.78, 5) is 37.7. The molecule has 0 aliphatic carbocycles. The summed E-state index contributed by atoms with van der Waals surface area (Å²) in [6.45, 7) is 8.63. The zero-order chi connectivity index (χ0) is 23.7. The molecule has 176 valence electrons. The molecule has 2 aliphatic heterocycles. The van der Waals surface area contributed by atoms with Crippen LogP contribution in [0.3, 0.4) is 0 Å². The van der Waals surface area contributed by atoms with Crippen molar-refractivity contribution in [1.29, 1.82) is 0 Å². The van der Waals surface area contributed by atoms with Crippen LogP contribution in [0.15, 0.2) is 29.2 Å². The first-order valence-corrected chi connectivity index (χ1v) is 12.3. The molecule has 32 heavy (non-hydrogen) atoms. The zero-order valence-corrected chi connectivity index (χ0v) is 19.8. The second kappa shape index (κ2) is 9.19. The van der Waals surface area contributed by atoms with Gasteiger partial charge in [0.25, 0.3) is 5.91 Å². The molecule has 2 heterocycles. The van der Waals surface area contributed by atoms with Crippen LogP contribution in [-0.2, 0) is 29.8 Å². The first-order valence-electron chi connectivity index (χ1n) is 10.8. The standard InChI is InChI=1S/C22H31N3O6S/c1-15(19(26)25-14-11-23-21(25)28)31-20(27)16-9-12-24(13-10-16)32(29,30)18-7-5-17(6-8-18)22(2,3)4/h5-8,15-16H,9-14H2,1-4H3,(H,23,28). The van der Waals surface area contributed by atoms with Crippen LogP contribution in [0.1, 0.15) is 46.1 Å². The molecule has 9 nitrogen and oxygen atoms in total. The van der Waals surface area contributed by atoms with Crippen molar-refractivity contribution in [2.75, 3.05) is 26.2 Å². The van der Waals surface area contributed by atoms with Crippen LogP contribution in [0.5, 0.6) is 0 Å². The minimum Gasteiger partial charge on any atom is -0.452 e. The number of rotatable bonds is 5. The SMILES string of the molecule is CC(OC(=O)C1CCN(S(=O)(=O)c2ccc(C(C)(C)C)cc2)CC1)C(=O)N1CCNC1=O. The van der Waals surface area contributed by atoms with Gasteiger partial charge in [-0.3, -0.25) is 14.5 Å². The lowest BCUT2D eigenvalue weighted by atomic mass is 9.87. The van der Waals surface area contributed by atoms with Gasteiger partial charge in [0, 0.05) is 26.2 Å². The Balaban J connectivity index is 1.56. The number of urea groups is 1. The van der Waals surface area contributed by atoms with Crippen LogP contribution < -0.4 is 5.32 Å². The fourth-order valence-corrected chi connectivity index (χ4v) is 5.30. The van der Waals surface area contributed by atoms with Crippen LogP contribution >= 0.6 is 0 Å². The minimum atomic E-state index is -3.65. The summed E-state index contributed by atoms with van der Waals surface area (Å²) in [5.74, 6) is -1.60. The van der Waals surface area contributed by atoms with Crippen molar-refractivity contribution in [3.05, 3.63) is 29.8 Å². The molecule has 0 aromatic heterocycles. The number of carbonyl (C=O) groups excluding carboxylic acids is 3. The summed E-state index contributed by atoms with van der Waals surface area (Å²) >= 11 is 0. The number of benzene rings is 1. The van der Waals surface area contributed by atoms with Crippen molar-refractivity contribution < 1.29 is 27.5 Å². The second-order valence-corrected chi connectivity index (χ2v) is 11.2. The van der Waals surface area contributed by atoms with Gasteiger partial charge in [0.05, 0.1) is 10.8 Å². The van der Waals surface area contributed by atoms with E-state index in [1.54, 1.807) is 12.1 Å². The third-order valence-electron chi connectivity index (χ3n) is 5.91. The van der Waals surface area contributed by atoms with E-state index in [0.29, 0.717) is 19.4 Å². The second-order valence-electron chi connectivity index (χ2n) is 9.25. The van der Waals surface area contributed by atoms with Gasteiger partial charge in [-0.2, -0.15) is 4.31 Å². The van der Waals surface area contributed by atoms with Crippen molar-refractivity contribution in [3.8, 4) is 0 Å². The van der Waals surface area contributed by atoms with Crippen LogP contribution in [0.2, 0.25) is 0 Å². The average Bonchev–Trinajstić information content (AvgIpc) is 3.18. The number of imide groups is 1. The smallest absolute Gasteiger partial charge is 0.324 e. The van der Waals surface area contributed by atoms with Crippen molar-refractivity contribution >= 4 is 27.9 Å². The molecule has 1 unspecified atom stereocenters. The van der Waals surface area contributed by atoms with Gasteiger partial charge in [-0.05, 0) is 42.9 Å².